The number of para-hydroxylation sites is 1. The molecule has 0 unspecified atom stereocenters. The highest BCUT2D eigenvalue weighted by atomic mass is 16.4. The van der Waals surface area contributed by atoms with Gasteiger partial charge in [-0.05, 0) is 37.0 Å². The summed E-state index contributed by atoms with van der Waals surface area (Å²) in [6.07, 6.45) is 5.83. The summed E-state index contributed by atoms with van der Waals surface area (Å²) < 4.78 is 1.77. The van der Waals surface area contributed by atoms with Gasteiger partial charge in [-0.15, -0.1) is 0 Å². The fourth-order valence-electron chi connectivity index (χ4n) is 2.93. The lowest BCUT2D eigenvalue weighted by molar-refractivity contribution is -0.148. The van der Waals surface area contributed by atoms with E-state index in [1.807, 2.05) is 36.5 Å². The number of likely N-dealkylation sites (tertiary alicyclic amines) is 1. The molecule has 1 aliphatic heterocycles. The number of amides is 1. The average molecular weight is 313 g/mol. The van der Waals surface area contributed by atoms with Crippen molar-refractivity contribution < 1.29 is 14.7 Å². The van der Waals surface area contributed by atoms with E-state index in [9.17, 15) is 9.59 Å². The zero-order valence-electron chi connectivity index (χ0n) is 12.8. The number of carboxylic acid groups (broad SMARTS) is 1. The number of aromatic nitrogens is 2. The van der Waals surface area contributed by atoms with Gasteiger partial charge in [0.05, 0.1) is 11.9 Å². The Morgan fingerprint density at radius 1 is 1.26 bits per heavy atom. The quantitative estimate of drug-likeness (QED) is 0.914. The van der Waals surface area contributed by atoms with Crippen LogP contribution in [0.15, 0.2) is 42.7 Å². The van der Waals surface area contributed by atoms with Gasteiger partial charge in [0.15, 0.2) is 0 Å². The Balaban J connectivity index is 1.60. The number of benzene rings is 1. The molecule has 1 saturated heterocycles. The van der Waals surface area contributed by atoms with E-state index in [0.717, 1.165) is 17.7 Å². The normalized spacial score (nSPS) is 17.4. The Bertz CT molecular complexity index is 696. The highest BCUT2D eigenvalue weighted by Crippen LogP contribution is 2.19. The van der Waals surface area contributed by atoms with Crippen LogP contribution in [-0.2, 0) is 16.0 Å². The van der Waals surface area contributed by atoms with Crippen molar-refractivity contribution in [3.05, 3.63) is 48.3 Å². The summed E-state index contributed by atoms with van der Waals surface area (Å²) in [5, 5.41) is 13.4. The second-order valence-corrected chi connectivity index (χ2v) is 5.71. The lowest BCUT2D eigenvalue weighted by Crippen LogP contribution is -2.40. The molecular formula is C17H19N3O3. The molecule has 2 heterocycles. The summed E-state index contributed by atoms with van der Waals surface area (Å²) in [5.41, 5.74) is 1.93. The Kier molecular flexibility index (Phi) is 4.41. The molecule has 1 fully saturated rings. The van der Waals surface area contributed by atoms with Gasteiger partial charge in [0.25, 0.3) is 0 Å². The minimum atomic E-state index is -0.909. The number of hydrogen-bond acceptors (Lipinski definition) is 3. The molecule has 1 aromatic carbocycles. The van der Waals surface area contributed by atoms with Crippen LogP contribution in [0.2, 0.25) is 0 Å². The van der Waals surface area contributed by atoms with Crippen molar-refractivity contribution >= 4 is 11.9 Å². The van der Waals surface area contributed by atoms with Crippen LogP contribution < -0.4 is 0 Å². The van der Waals surface area contributed by atoms with Crippen LogP contribution in [0, 0.1) is 0 Å². The van der Waals surface area contributed by atoms with Crippen LogP contribution in [0.3, 0.4) is 0 Å². The second kappa shape index (κ2) is 6.64. The standard InChI is InChI=1S/C17H19N3O3/c21-16(19-10-4-7-15(19)17(22)23)9-8-13-11-18-20(12-13)14-5-2-1-3-6-14/h1-3,5-6,11-12,15H,4,7-10H2,(H,22,23)/t15-/m0/s1. The first-order valence-corrected chi connectivity index (χ1v) is 7.76. The predicted octanol–water partition coefficient (Wildman–Crippen LogP) is 1.88. The van der Waals surface area contributed by atoms with Crippen LogP contribution in [0.5, 0.6) is 0 Å². The van der Waals surface area contributed by atoms with Crippen LogP contribution in [-0.4, -0.2) is 44.3 Å². The van der Waals surface area contributed by atoms with E-state index in [1.54, 1.807) is 10.9 Å². The first kappa shape index (κ1) is 15.3. The van der Waals surface area contributed by atoms with E-state index in [2.05, 4.69) is 5.10 Å². The third kappa shape index (κ3) is 3.41. The Morgan fingerprint density at radius 3 is 2.78 bits per heavy atom. The number of carboxylic acids is 1. The van der Waals surface area contributed by atoms with Gasteiger partial charge in [0, 0.05) is 19.2 Å². The van der Waals surface area contributed by atoms with Gasteiger partial charge in [0.2, 0.25) is 5.91 Å². The van der Waals surface area contributed by atoms with Gasteiger partial charge >= 0.3 is 5.97 Å². The monoisotopic (exact) mass is 313 g/mol. The first-order valence-electron chi connectivity index (χ1n) is 7.76. The zero-order chi connectivity index (χ0) is 16.2. The van der Waals surface area contributed by atoms with Crippen molar-refractivity contribution in [2.45, 2.75) is 31.7 Å². The van der Waals surface area contributed by atoms with Crippen molar-refractivity contribution in [2.24, 2.45) is 0 Å². The van der Waals surface area contributed by atoms with Gasteiger partial charge in [-0.1, -0.05) is 18.2 Å². The smallest absolute Gasteiger partial charge is 0.326 e. The molecule has 0 saturated carbocycles. The van der Waals surface area contributed by atoms with Crippen LogP contribution >= 0.6 is 0 Å². The summed E-state index contributed by atoms with van der Waals surface area (Å²) in [7, 11) is 0. The Labute approximate surface area is 134 Å². The van der Waals surface area contributed by atoms with Crippen LogP contribution in [0.1, 0.15) is 24.8 Å². The molecule has 1 atom stereocenters. The van der Waals surface area contributed by atoms with E-state index in [0.29, 0.717) is 25.8 Å². The minimum Gasteiger partial charge on any atom is -0.480 e. The van der Waals surface area contributed by atoms with Crippen LogP contribution in [0.4, 0.5) is 0 Å². The molecule has 0 bridgehead atoms. The zero-order valence-corrected chi connectivity index (χ0v) is 12.8. The fraction of sp³-hybridized carbons (Fsp3) is 0.353. The maximum absolute atomic E-state index is 12.2. The number of carbonyl (C=O) groups excluding carboxylic acids is 1. The van der Waals surface area contributed by atoms with Crippen molar-refractivity contribution in [1.82, 2.24) is 14.7 Å². The van der Waals surface area contributed by atoms with Crippen molar-refractivity contribution in [2.75, 3.05) is 6.54 Å². The molecule has 1 amide bonds. The number of aliphatic carboxylic acids is 1. The van der Waals surface area contributed by atoms with Gasteiger partial charge in [-0.25, -0.2) is 9.48 Å². The van der Waals surface area contributed by atoms with E-state index < -0.39 is 12.0 Å². The van der Waals surface area contributed by atoms with E-state index in [1.165, 1.54) is 4.90 Å². The first-order chi connectivity index (χ1) is 11.1. The summed E-state index contributed by atoms with van der Waals surface area (Å²) in [6, 6.07) is 9.10. The van der Waals surface area contributed by atoms with Gasteiger partial charge in [0.1, 0.15) is 6.04 Å². The summed E-state index contributed by atoms with van der Waals surface area (Å²) in [5.74, 6) is -1.00. The van der Waals surface area contributed by atoms with E-state index in [-0.39, 0.29) is 5.91 Å². The van der Waals surface area contributed by atoms with Gasteiger partial charge in [-0.3, -0.25) is 4.79 Å². The number of nitrogens with zero attached hydrogens (tertiary/aromatic N) is 3. The average Bonchev–Trinajstić information content (AvgIpc) is 3.23. The molecular weight excluding hydrogens is 294 g/mol. The third-order valence-corrected chi connectivity index (χ3v) is 4.14. The molecule has 6 nitrogen and oxygen atoms in total. The fourth-order valence-corrected chi connectivity index (χ4v) is 2.93. The van der Waals surface area contributed by atoms with E-state index in [4.69, 9.17) is 5.11 Å². The van der Waals surface area contributed by atoms with Crippen molar-refractivity contribution in [1.29, 1.82) is 0 Å². The highest BCUT2D eigenvalue weighted by molar-refractivity contribution is 5.84. The SMILES string of the molecule is O=C(O)[C@@H]1CCCN1C(=O)CCc1cnn(-c2ccccc2)c1. The molecule has 0 radical (unpaired) electrons. The molecule has 1 aromatic heterocycles. The summed E-state index contributed by atoms with van der Waals surface area (Å²) in [4.78, 5) is 24.9. The number of carbonyl (C=O) groups is 2. The number of rotatable bonds is 5. The molecule has 6 heteroatoms. The molecule has 0 spiro atoms. The molecule has 1 aliphatic rings. The highest BCUT2D eigenvalue weighted by Gasteiger charge is 2.33. The van der Waals surface area contributed by atoms with Crippen LogP contribution in [0.25, 0.3) is 5.69 Å². The lowest BCUT2D eigenvalue weighted by Gasteiger charge is -2.21. The molecule has 23 heavy (non-hydrogen) atoms. The van der Waals surface area contributed by atoms with Gasteiger partial charge in [-0.2, -0.15) is 5.10 Å². The Morgan fingerprint density at radius 2 is 2.04 bits per heavy atom. The third-order valence-electron chi connectivity index (χ3n) is 4.14. The minimum absolute atomic E-state index is 0.0950. The van der Waals surface area contributed by atoms with Crippen molar-refractivity contribution in [3.8, 4) is 5.69 Å². The largest absolute Gasteiger partial charge is 0.480 e. The lowest BCUT2D eigenvalue weighted by atomic mass is 10.1. The topological polar surface area (TPSA) is 75.4 Å². The van der Waals surface area contributed by atoms with E-state index >= 15 is 0 Å². The molecule has 3 rings (SSSR count). The second-order valence-electron chi connectivity index (χ2n) is 5.71. The molecule has 2 aromatic rings. The number of hydrogen-bond donors (Lipinski definition) is 1. The summed E-state index contributed by atoms with van der Waals surface area (Å²) >= 11 is 0. The summed E-state index contributed by atoms with van der Waals surface area (Å²) in [6.45, 7) is 0.541. The maximum Gasteiger partial charge on any atom is 0.326 e. The Hall–Kier alpha value is -2.63. The molecule has 120 valence electrons. The maximum atomic E-state index is 12.2. The molecule has 0 aliphatic carbocycles. The molecule has 1 N–H and O–H groups in total. The predicted molar refractivity (Wildman–Crippen MR) is 84.3 cm³/mol. The van der Waals surface area contributed by atoms with Crippen molar-refractivity contribution in [3.63, 3.8) is 0 Å². The van der Waals surface area contributed by atoms with Gasteiger partial charge < -0.3 is 10.0 Å². The number of aryl methyl sites for hydroxylation is 1.